The molecule has 0 aliphatic carbocycles. The molecule has 0 aliphatic rings. The molecule has 0 bridgehead atoms. The summed E-state index contributed by atoms with van der Waals surface area (Å²) in [5.74, 6) is -0.0551. The molecule has 0 radical (unpaired) electrons. The molecule has 1 aromatic heterocycles. The lowest BCUT2D eigenvalue weighted by Gasteiger charge is -2.03. The van der Waals surface area contributed by atoms with E-state index in [1.807, 2.05) is 12.2 Å². The van der Waals surface area contributed by atoms with Crippen LogP contribution in [0.3, 0.4) is 0 Å². The van der Waals surface area contributed by atoms with E-state index >= 15 is 0 Å². The molecule has 0 aromatic carbocycles. The van der Waals surface area contributed by atoms with Gasteiger partial charge in [0.1, 0.15) is 0 Å². The van der Waals surface area contributed by atoms with Crippen molar-refractivity contribution in [3.8, 4) is 0 Å². The Balaban J connectivity index is 2.64. The zero-order chi connectivity index (χ0) is 10.6. The van der Waals surface area contributed by atoms with E-state index in [0.717, 1.165) is 0 Å². The van der Waals surface area contributed by atoms with Crippen LogP contribution in [0.15, 0.2) is 12.4 Å². The van der Waals surface area contributed by atoms with E-state index in [1.165, 1.54) is 6.20 Å². The molecule has 2 N–H and O–H groups in total. The Morgan fingerprint density at radius 2 is 2.36 bits per heavy atom. The van der Waals surface area contributed by atoms with Crippen LogP contribution >= 0.6 is 0 Å². The molecule has 0 unspecified atom stereocenters. The smallest absolute Gasteiger partial charge is 0.405 e. The van der Waals surface area contributed by atoms with Crippen molar-refractivity contribution in [2.75, 3.05) is 6.54 Å². The van der Waals surface area contributed by atoms with Crippen LogP contribution < -0.4 is 5.32 Å². The summed E-state index contributed by atoms with van der Waals surface area (Å²) in [7, 11) is 0. The molecule has 1 amide bonds. The summed E-state index contributed by atoms with van der Waals surface area (Å²) in [5.41, 5.74) is 0. The van der Waals surface area contributed by atoms with E-state index < -0.39 is 6.09 Å². The molecule has 1 rings (SSSR count). The monoisotopic (exact) mass is 197 g/mol. The average Bonchev–Trinajstić information content (AvgIpc) is 2.61. The first-order valence-electron chi connectivity index (χ1n) is 4.16. The Kier molecular flexibility index (Phi) is 3.22. The van der Waals surface area contributed by atoms with E-state index in [0.29, 0.717) is 6.54 Å². The quantitative estimate of drug-likeness (QED) is 0.682. The summed E-state index contributed by atoms with van der Waals surface area (Å²) in [6.07, 6.45) is 1.97. The Morgan fingerprint density at radius 3 is 2.93 bits per heavy atom. The predicted molar refractivity (Wildman–Crippen MR) is 48.3 cm³/mol. The molecule has 0 saturated carbocycles. The number of rotatable bonds is 4. The third-order valence-corrected chi connectivity index (χ3v) is 1.71. The van der Waals surface area contributed by atoms with Crippen LogP contribution in [-0.4, -0.2) is 33.1 Å². The molecule has 1 heterocycles. The highest BCUT2D eigenvalue weighted by atomic mass is 16.4. The maximum Gasteiger partial charge on any atom is 0.405 e. The third-order valence-electron chi connectivity index (χ3n) is 1.71. The van der Waals surface area contributed by atoms with Crippen molar-refractivity contribution >= 4 is 11.9 Å². The number of ketones is 1. The molecule has 14 heavy (non-hydrogen) atoms. The summed E-state index contributed by atoms with van der Waals surface area (Å²) < 4.78 is 1.66. The van der Waals surface area contributed by atoms with Crippen LogP contribution in [-0.2, 0) is 6.54 Å². The number of amides is 1. The van der Waals surface area contributed by atoms with Crippen molar-refractivity contribution in [1.82, 2.24) is 14.9 Å². The summed E-state index contributed by atoms with van der Waals surface area (Å²) in [6.45, 7) is 2.27. The second-order valence-electron chi connectivity index (χ2n) is 2.62. The number of aromatic nitrogens is 2. The SMILES string of the molecule is CCn1ccnc1C(=O)CNC(=O)O. The van der Waals surface area contributed by atoms with Gasteiger partial charge in [-0.25, -0.2) is 9.78 Å². The van der Waals surface area contributed by atoms with Crippen LogP contribution in [0, 0.1) is 0 Å². The molecule has 0 aliphatic heterocycles. The molecule has 0 fully saturated rings. The number of nitrogens with one attached hydrogen (secondary N) is 1. The summed E-state index contributed by atoms with van der Waals surface area (Å²) in [6, 6.07) is 0. The molecule has 0 atom stereocenters. The number of aryl methyl sites for hydroxylation is 1. The maximum atomic E-state index is 11.4. The minimum Gasteiger partial charge on any atom is -0.465 e. The lowest BCUT2D eigenvalue weighted by atomic mass is 10.3. The fourth-order valence-electron chi connectivity index (χ4n) is 1.05. The van der Waals surface area contributed by atoms with Crippen molar-refractivity contribution in [3.05, 3.63) is 18.2 Å². The van der Waals surface area contributed by atoms with Crippen molar-refractivity contribution in [2.45, 2.75) is 13.5 Å². The van der Waals surface area contributed by atoms with Gasteiger partial charge in [-0.05, 0) is 6.92 Å². The number of nitrogens with zero attached hydrogens (tertiary/aromatic N) is 2. The second kappa shape index (κ2) is 4.40. The zero-order valence-corrected chi connectivity index (χ0v) is 7.73. The van der Waals surface area contributed by atoms with Crippen molar-refractivity contribution in [3.63, 3.8) is 0 Å². The molecule has 0 spiro atoms. The van der Waals surface area contributed by atoms with Gasteiger partial charge in [0.05, 0.1) is 6.54 Å². The fraction of sp³-hybridized carbons (Fsp3) is 0.375. The van der Waals surface area contributed by atoms with Crippen LogP contribution in [0.4, 0.5) is 4.79 Å². The molecular formula is C8H11N3O3. The van der Waals surface area contributed by atoms with Gasteiger partial charge in [-0.2, -0.15) is 0 Å². The molecular weight excluding hydrogens is 186 g/mol. The van der Waals surface area contributed by atoms with E-state index in [4.69, 9.17) is 5.11 Å². The first kappa shape index (κ1) is 10.2. The maximum absolute atomic E-state index is 11.4. The van der Waals surface area contributed by atoms with Crippen LogP contribution in [0.2, 0.25) is 0 Å². The number of hydrogen-bond acceptors (Lipinski definition) is 3. The normalized spacial score (nSPS) is 9.79. The summed E-state index contributed by atoms with van der Waals surface area (Å²) in [5, 5.41) is 10.3. The lowest BCUT2D eigenvalue weighted by Crippen LogP contribution is -2.29. The van der Waals surface area contributed by atoms with Gasteiger partial charge in [0.25, 0.3) is 0 Å². The second-order valence-corrected chi connectivity index (χ2v) is 2.62. The molecule has 6 heteroatoms. The molecule has 6 nitrogen and oxygen atoms in total. The Bertz CT molecular complexity index is 345. The van der Waals surface area contributed by atoms with Gasteiger partial charge in [-0.3, -0.25) is 4.79 Å². The van der Waals surface area contributed by atoms with Gasteiger partial charge < -0.3 is 15.0 Å². The van der Waals surface area contributed by atoms with E-state index in [9.17, 15) is 9.59 Å². The third kappa shape index (κ3) is 2.32. The van der Waals surface area contributed by atoms with Crippen molar-refractivity contribution in [2.24, 2.45) is 0 Å². The largest absolute Gasteiger partial charge is 0.465 e. The van der Waals surface area contributed by atoms with Crippen LogP contribution in [0.1, 0.15) is 17.5 Å². The number of carbonyl (C=O) groups is 2. The summed E-state index contributed by atoms with van der Waals surface area (Å²) in [4.78, 5) is 25.4. The number of imidazole rings is 1. The van der Waals surface area contributed by atoms with Crippen LogP contribution in [0.5, 0.6) is 0 Å². The van der Waals surface area contributed by atoms with Crippen molar-refractivity contribution in [1.29, 1.82) is 0 Å². The highest BCUT2D eigenvalue weighted by Crippen LogP contribution is 1.97. The zero-order valence-electron chi connectivity index (χ0n) is 7.73. The number of hydrogen-bond donors (Lipinski definition) is 2. The standard InChI is InChI=1S/C8H11N3O3/c1-2-11-4-3-9-7(11)6(12)5-10-8(13)14/h3-4,10H,2,5H2,1H3,(H,13,14). The highest BCUT2D eigenvalue weighted by molar-refractivity contribution is 5.95. The Labute approximate surface area is 80.6 Å². The Hall–Kier alpha value is -1.85. The topological polar surface area (TPSA) is 84.2 Å². The van der Waals surface area contributed by atoms with Gasteiger partial charge in [-0.1, -0.05) is 0 Å². The van der Waals surface area contributed by atoms with Gasteiger partial charge in [-0.15, -0.1) is 0 Å². The highest BCUT2D eigenvalue weighted by Gasteiger charge is 2.12. The summed E-state index contributed by atoms with van der Waals surface area (Å²) >= 11 is 0. The first-order chi connectivity index (χ1) is 6.65. The van der Waals surface area contributed by atoms with Gasteiger partial charge in [0.2, 0.25) is 5.78 Å². The number of Topliss-reactive ketones (excluding diaryl/α,β-unsaturated/α-hetero) is 1. The van der Waals surface area contributed by atoms with E-state index in [2.05, 4.69) is 4.98 Å². The Morgan fingerprint density at radius 1 is 1.64 bits per heavy atom. The number of carbonyl (C=O) groups excluding carboxylic acids is 1. The molecule has 76 valence electrons. The minimum absolute atomic E-state index is 0.244. The van der Waals surface area contributed by atoms with E-state index in [-0.39, 0.29) is 18.2 Å². The van der Waals surface area contributed by atoms with Gasteiger partial charge in [0, 0.05) is 18.9 Å². The van der Waals surface area contributed by atoms with Gasteiger partial charge in [0.15, 0.2) is 5.82 Å². The fourth-order valence-corrected chi connectivity index (χ4v) is 1.05. The molecule has 0 saturated heterocycles. The van der Waals surface area contributed by atoms with Crippen molar-refractivity contribution < 1.29 is 14.7 Å². The van der Waals surface area contributed by atoms with Gasteiger partial charge >= 0.3 is 6.09 Å². The first-order valence-corrected chi connectivity index (χ1v) is 4.16. The minimum atomic E-state index is -1.21. The molecule has 1 aromatic rings. The average molecular weight is 197 g/mol. The number of carboxylic acid groups (broad SMARTS) is 1. The van der Waals surface area contributed by atoms with E-state index in [1.54, 1.807) is 10.8 Å². The lowest BCUT2D eigenvalue weighted by molar-refractivity contribution is 0.0973. The van der Waals surface area contributed by atoms with Crippen LogP contribution in [0.25, 0.3) is 0 Å². The predicted octanol–water partition coefficient (Wildman–Crippen LogP) is 0.353.